The third kappa shape index (κ3) is 2.25. The summed E-state index contributed by atoms with van der Waals surface area (Å²) in [6, 6.07) is 6.24. The molecule has 19 heavy (non-hydrogen) atoms. The number of carbonyl (C=O) groups is 1. The van der Waals surface area contributed by atoms with E-state index in [-0.39, 0.29) is 5.54 Å². The van der Waals surface area contributed by atoms with E-state index >= 15 is 0 Å². The molecular weight excluding hydrogens is 245 g/mol. The second-order valence-electron chi connectivity index (χ2n) is 6.03. The maximum atomic E-state index is 14.1. The van der Waals surface area contributed by atoms with Crippen LogP contribution in [-0.2, 0) is 10.2 Å². The van der Waals surface area contributed by atoms with Crippen molar-refractivity contribution in [2.45, 2.75) is 37.6 Å². The molecule has 1 N–H and O–H groups in total. The number of hydrogen-bond donors (Lipinski definition) is 1. The Kier molecular flexibility index (Phi) is 3.39. The molecule has 1 aromatic rings. The number of piperidine rings is 1. The number of carboxylic acids is 1. The van der Waals surface area contributed by atoms with Crippen LogP contribution in [0.4, 0.5) is 4.39 Å². The summed E-state index contributed by atoms with van der Waals surface area (Å²) in [5.74, 6) is -1.36. The Balaban J connectivity index is 2.52. The highest BCUT2D eigenvalue weighted by Crippen LogP contribution is 2.43. The summed E-state index contributed by atoms with van der Waals surface area (Å²) in [6.07, 6.45) is 0.843. The van der Waals surface area contributed by atoms with Crippen molar-refractivity contribution in [2.75, 3.05) is 13.6 Å². The summed E-state index contributed by atoms with van der Waals surface area (Å²) < 4.78 is 14.1. The molecule has 1 aromatic carbocycles. The van der Waals surface area contributed by atoms with Crippen LogP contribution in [0.1, 0.15) is 32.3 Å². The topological polar surface area (TPSA) is 40.5 Å². The molecule has 1 aliphatic heterocycles. The van der Waals surface area contributed by atoms with Crippen LogP contribution in [0.25, 0.3) is 0 Å². The zero-order chi connectivity index (χ0) is 14.3. The molecule has 104 valence electrons. The maximum absolute atomic E-state index is 14.1. The van der Waals surface area contributed by atoms with Crippen LogP contribution in [-0.4, -0.2) is 35.1 Å². The van der Waals surface area contributed by atoms with Crippen LogP contribution in [0.5, 0.6) is 0 Å². The maximum Gasteiger partial charge on any atom is 0.314 e. The fraction of sp³-hybridized carbons (Fsp3) is 0.533. The average molecular weight is 265 g/mol. The summed E-state index contributed by atoms with van der Waals surface area (Å²) >= 11 is 0. The first kappa shape index (κ1) is 14.0. The van der Waals surface area contributed by atoms with E-state index in [0.717, 1.165) is 0 Å². The summed E-state index contributed by atoms with van der Waals surface area (Å²) in [5, 5.41) is 9.70. The molecule has 0 saturated carbocycles. The Hall–Kier alpha value is -1.42. The molecule has 1 heterocycles. The van der Waals surface area contributed by atoms with E-state index in [2.05, 4.69) is 4.90 Å². The molecule has 1 saturated heterocycles. The molecule has 0 amide bonds. The zero-order valence-electron chi connectivity index (χ0n) is 11.6. The van der Waals surface area contributed by atoms with E-state index in [1.807, 2.05) is 20.9 Å². The molecule has 1 unspecified atom stereocenters. The van der Waals surface area contributed by atoms with Crippen molar-refractivity contribution in [3.63, 3.8) is 0 Å². The van der Waals surface area contributed by atoms with E-state index in [4.69, 9.17) is 0 Å². The van der Waals surface area contributed by atoms with Crippen LogP contribution >= 0.6 is 0 Å². The van der Waals surface area contributed by atoms with E-state index in [9.17, 15) is 14.3 Å². The van der Waals surface area contributed by atoms with Crippen molar-refractivity contribution in [1.29, 1.82) is 0 Å². The SMILES string of the molecule is CN1CCC(C(=O)O)(c2ccccc2F)CC1(C)C. The van der Waals surface area contributed by atoms with Crippen LogP contribution < -0.4 is 0 Å². The van der Waals surface area contributed by atoms with E-state index in [0.29, 0.717) is 24.9 Å². The molecule has 4 heteroatoms. The highest BCUT2D eigenvalue weighted by Gasteiger charge is 2.50. The number of nitrogens with zero attached hydrogens (tertiary/aromatic N) is 1. The third-order valence-electron chi connectivity index (χ3n) is 4.44. The molecule has 1 aliphatic rings. The highest BCUT2D eigenvalue weighted by atomic mass is 19.1. The molecule has 0 spiro atoms. The van der Waals surface area contributed by atoms with Gasteiger partial charge in [-0.2, -0.15) is 0 Å². The van der Waals surface area contributed by atoms with Gasteiger partial charge in [0, 0.05) is 11.1 Å². The van der Waals surface area contributed by atoms with Gasteiger partial charge in [0.2, 0.25) is 0 Å². The Morgan fingerprint density at radius 1 is 1.37 bits per heavy atom. The highest BCUT2D eigenvalue weighted by molar-refractivity contribution is 5.82. The second-order valence-corrected chi connectivity index (χ2v) is 6.03. The van der Waals surface area contributed by atoms with Gasteiger partial charge in [-0.3, -0.25) is 4.79 Å². The molecule has 0 bridgehead atoms. The Morgan fingerprint density at radius 2 is 2.00 bits per heavy atom. The van der Waals surface area contributed by atoms with Gasteiger partial charge in [-0.25, -0.2) is 4.39 Å². The lowest BCUT2D eigenvalue weighted by Crippen LogP contribution is -2.56. The molecule has 0 aromatic heterocycles. The fourth-order valence-corrected chi connectivity index (χ4v) is 3.00. The van der Waals surface area contributed by atoms with E-state index in [1.54, 1.807) is 18.2 Å². The van der Waals surface area contributed by atoms with Crippen LogP contribution in [0.3, 0.4) is 0 Å². The third-order valence-corrected chi connectivity index (χ3v) is 4.44. The lowest BCUT2D eigenvalue weighted by atomic mass is 9.66. The molecule has 1 atom stereocenters. The van der Waals surface area contributed by atoms with Gasteiger partial charge in [0.25, 0.3) is 0 Å². The second kappa shape index (κ2) is 4.60. The minimum atomic E-state index is -1.12. The fourth-order valence-electron chi connectivity index (χ4n) is 3.00. The summed E-state index contributed by atoms with van der Waals surface area (Å²) in [4.78, 5) is 14.0. The van der Waals surface area contributed by atoms with Gasteiger partial charge in [-0.1, -0.05) is 18.2 Å². The van der Waals surface area contributed by atoms with Crippen LogP contribution in [0, 0.1) is 5.82 Å². The van der Waals surface area contributed by atoms with Gasteiger partial charge in [0.05, 0.1) is 5.41 Å². The summed E-state index contributed by atoms with van der Waals surface area (Å²) in [5.41, 5.74) is -1.08. The van der Waals surface area contributed by atoms with Crippen molar-refractivity contribution < 1.29 is 14.3 Å². The van der Waals surface area contributed by atoms with Crippen molar-refractivity contribution in [2.24, 2.45) is 0 Å². The number of hydrogen-bond acceptors (Lipinski definition) is 2. The van der Waals surface area contributed by atoms with Crippen LogP contribution in [0.15, 0.2) is 24.3 Å². The van der Waals surface area contributed by atoms with E-state index in [1.165, 1.54) is 6.07 Å². The smallest absolute Gasteiger partial charge is 0.314 e. The molecular formula is C15H20FNO2. The number of carboxylic acid groups (broad SMARTS) is 1. The Morgan fingerprint density at radius 3 is 2.53 bits per heavy atom. The summed E-state index contributed by atoms with van der Waals surface area (Å²) in [6.45, 7) is 4.66. The van der Waals surface area contributed by atoms with Gasteiger partial charge in [0.15, 0.2) is 0 Å². The molecule has 0 aliphatic carbocycles. The quantitative estimate of drug-likeness (QED) is 0.893. The first-order valence-electron chi connectivity index (χ1n) is 6.49. The minimum Gasteiger partial charge on any atom is -0.481 e. The first-order valence-corrected chi connectivity index (χ1v) is 6.49. The largest absolute Gasteiger partial charge is 0.481 e. The van der Waals surface area contributed by atoms with Gasteiger partial charge in [-0.05, 0) is 46.3 Å². The van der Waals surface area contributed by atoms with Crippen LogP contribution in [0.2, 0.25) is 0 Å². The number of halogens is 1. The van der Waals surface area contributed by atoms with Gasteiger partial charge >= 0.3 is 5.97 Å². The minimum absolute atomic E-state index is 0.265. The monoisotopic (exact) mass is 265 g/mol. The van der Waals surface area contributed by atoms with Crippen molar-refractivity contribution in [3.05, 3.63) is 35.6 Å². The number of aliphatic carboxylic acids is 1. The predicted octanol–water partition coefficient (Wildman–Crippen LogP) is 2.65. The lowest BCUT2D eigenvalue weighted by molar-refractivity contribution is -0.148. The number of rotatable bonds is 2. The standard InChI is InChI=1S/C15H20FNO2/c1-14(2)10-15(13(18)19,8-9-17(14)3)11-6-4-5-7-12(11)16/h4-7H,8-10H2,1-3H3,(H,18,19). The number of likely N-dealkylation sites (tertiary alicyclic amines) is 1. The number of benzene rings is 1. The van der Waals surface area contributed by atoms with Gasteiger partial charge in [-0.15, -0.1) is 0 Å². The lowest BCUT2D eigenvalue weighted by Gasteiger charge is -2.48. The Bertz CT molecular complexity index is 501. The van der Waals surface area contributed by atoms with E-state index < -0.39 is 17.2 Å². The molecule has 3 nitrogen and oxygen atoms in total. The Labute approximate surface area is 113 Å². The molecule has 0 radical (unpaired) electrons. The molecule has 1 fully saturated rings. The summed E-state index contributed by atoms with van der Waals surface area (Å²) in [7, 11) is 1.98. The predicted molar refractivity (Wildman–Crippen MR) is 71.7 cm³/mol. The van der Waals surface area contributed by atoms with Crippen molar-refractivity contribution in [3.8, 4) is 0 Å². The van der Waals surface area contributed by atoms with Crippen molar-refractivity contribution in [1.82, 2.24) is 4.90 Å². The normalized spacial score (nSPS) is 27.2. The first-order chi connectivity index (χ1) is 8.79. The van der Waals surface area contributed by atoms with Gasteiger partial charge < -0.3 is 10.0 Å². The van der Waals surface area contributed by atoms with Gasteiger partial charge in [0.1, 0.15) is 5.82 Å². The zero-order valence-corrected chi connectivity index (χ0v) is 11.6. The molecule has 2 rings (SSSR count). The average Bonchev–Trinajstić information content (AvgIpc) is 2.33. The van der Waals surface area contributed by atoms with Crippen molar-refractivity contribution >= 4 is 5.97 Å².